The average Bonchev–Trinajstić information content (AvgIpc) is 3.20. The summed E-state index contributed by atoms with van der Waals surface area (Å²) in [5.41, 5.74) is 4.81. The monoisotopic (exact) mass is 325 g/mol. The van der Waals surface area contributed by atoms with Crippen molar-refractivity contribution in [1.29, 1.82) is 0 Å². The maximum atomic E-state index is 5.50. The lowest BCUT2D eigenvalue weighted by molar-refractivity contribution is 0.369. The van der Waals surface area contributed by atoms with Gasteiger partial charge in [0.15, 0.2) is 5.16 Å². The van der Waals surface area contributed by atoms with Gasteiger partial charge in [-0.2, -0.15) is 0 Å². The highest BCUT2D eigenvalue weighted by Crippen LogP contribution is 2.29. The molecule has 2 aromatic heterocycles. The minimum absolute atomic E-state index is 0.807. The molecule has 0 bridgehead atoms. The number of nitrogens with zero attached hydrogens (tertiary/aromatic N) is 3. The van der Waals surface area contributed by atoms with Gasteiger partial charge in [-0.15, -0.1) is 0 Å². The van der Waals surface area contributed by atoms with E-state index < -0.39 is 0 Å². The van der Waals surface area contributed by atoms with Gasteiger partial charge in [-0.05, 0) is 43.9 Å². The Morgan fingerprint density at radius 3 is 3.09 bits per heavy atom. The number of aromatic nitrogens is 3. The fraction of sp³-hybridized carbons (Fsp3) is 0.333. The third-order valence-corrected chi connectivity index (χ3v) is 5.23. The molecule has 1 aromatic carbocycles. The van der Waals surface area contributed by atoms with Gasteiger partial charge in [0.2, 0.25) is 0 Å². The second kappa shape index (κ2) is 6.24. The molecule has 0 radical (unpaired) electrons. The lowest BCUT2D eigenvalue weighted by atomic mass is 9.97. The summed E-state index contributed by atoms with van der Waals surface area (Å²) in [6.45, 7) is 2.11. The molecular weight excluding hydrogens is 306 g/mol. The molecular formula is C18H19N3OS. The first-order valence-electron chi connectivity index (χ1n) is 8.01. The molecule has 0 fully saturated rings. The lowest BCUT2D eigenvalue weighted by Gasteiger charge is -2.10. The number of hydrogen-bond donors (Lipinski definition) is 0. The first-order valence-corrected chi connectivity index (χ1v) is 8.99. The maximum absolute atomic E-state index is 5.50. The van der Waals surface area contributed by atoms with Crippen LogP contribution >= 0.6 is 11.8 Å². The van der Waals surface area contributed by atoms with Gasteiger partial charge in [-0.25, -0.2) is 4.98 Å². The summed E-state index contributed by atoms with van der Waals surface area (Å²) in [6, 6.07) is 8.46. The van der Waals surface area contributed by atoms with E-state index in [9.17, 15) is 0 Å². The normalized spacial score (nSPS) is 14.0. The van der Waals surface area contributed by atoms with Gasteiger partial charge < -0.3 is 4.52 Å². The third-order valence-electron chi connectivity index (χ3n) is 4.26. The predicted molar refractivity (Wildman–Crippen MR) is 91.0 cm³/mol. The second-order valence-corrected chi connectivity index (χ2v) is 6.89. The molecule has 0 saturated heterocycles. The molecule has 5 heteroatoms. The zero-order valence-electron chi connectivity index (χ0n) is 13.2. The Kier molecular flexibility index (Phi) is 3.95. The molecule has 0 amide bonds. The Labute approximate surface area is 139 Å². The van der Waals surface area contributed by atoms with E-state index in [1.807, 2.05) is 12.4 Å². The van der Waals surface area contributed by atoms with Crippen LogP contribution in [0.3, 0.4) is 0 Å². The van der Waals surface area contributed by atoms with Crippen LogP contribution in [0.4, 0.5) is 0 Å². The number of hydrogen-bond acceptors (Lipinski definition) is 4. The standard InChI is InChI=1S/C18H19N3OS/c1-13-5-4-6-14(11-13)21-10-9-19-18(21)23-12-16-15-7-2-3-8-17(15)22-20-16/h4-6,9-11H,2-3,7-8,12H2,1H3. The van der Waals surface area contributed by atoms with Crippen LogP contribution in [0.2, 0.25) is 0 Å². The second-order valence-electron chi connectivity index (χ2n) is 5.95. The number of thioether (sulfide) groups is 1. The smallest absolute Gasteiger partial charge is 0.172 e. The molecule has 0 atom stereocenters. The van der Waals surface area contributed by atoms with Crippen molar-refractivity contribution in [2.75, 3.05) is 0 Å². The van der Waals surface area contributed by atoms with Crippen LogP contribution in [-0.2, 0) is 18.6 Å². The largest absolute Gasteiger partial charge is 0.361 e. The molecule has 3 aromatic rings. The van der Waals surface area contributed by atoms with E-state index in [1.165, 1.54) is 24.0 Å². The van der Waals surface area contributed by atoms with Crippen molar-refractivity contribution in [3.8, 4) is 5.69 Å². The minimum Gasteiger partial charge on any atom is -0.361 e. The predicted octanol–water partition coefficient (Wildman–Crippen LogP) is 4.34. The molecule has 0 saturated carbocycles. The van der Waals surface area contributed by atoms with Crippen molar-refractivity contribution in [2.45, 2.75) is 43.5 Å². The number of aryl methyl sites for hydroxylation is 2. The van der Waals surface area contributed by atoms with E-state index in [0.29, 0.717) is 0 Å². The third kappa shape index (κ3) is 2.93. The fourth-order valence-electron chi connectivity index (χ4n) is 3.07. The summed E-state index contributed by atoms with van der Waals surface area (Å²) in [5, 5.41) is 5.27. The summed E-state index contributed by atoms with van der Waals surface area (Å²) < 4.78 is 7.63. The molecule has 4 nitrogen and oxygen atoms in total. The number of imidazole rings is 1. The van der Waals surface area contributed by atoms with Crippen molar-refractivity contribution in [1.82, 2.24) is 14.7 Å². The van der Waals surface area contributed by atoms with Crippen LogP contribution in [0.25, 0.3) is 5.69 Å². The molecule has 0 aliphatic heterocycles. The minimum atomic E-state index is 0.807. The number of rotatable bonds is 4. The topological polar surface area (TPSA) is 43.9 Å². The van der Waals surface area contributed by atoms with Gasteiger partial charge in [-0.1, -0.05) is 29.1 Å². The highest BCUT2D eigenvalue weighted by Gasteiger charge is 2.19. The highest BCUT2D eigenvalue weighted by atomic mass is 32.2. The van der Waals surface area contributed by atoms with Gasteiger partial charge in [-0.3, -0.25) is 4.57 Å². The zero-order valence-corrected chi connectivity index (χ0v) is 14.0. The molecule has 1 aliphatic rings. The Bertz CT molecular complexity index is 821. The van der Waals surface area contributed by atoms with Crippen molar-refractivity contribution in [3.05, 3.63) is 59.2 Å². The summed E-state index contributed by atoms with van der Waals surface area (Å²) >= 11 is 1.71. The van der Waals surface area contributed by atoms with E-state index in [2.05, 4.69) is 45.9 Å². The highest BCUT2D eigenvalue weighted by molar-refractivity contribution is 7.98. The first-order chi connectivity index (χ1) is 11.3. The summed E-state index contributed by atoms with van der Waals surface area (Å²) in [4.78, 5) is 4.50. The Balaban J connectivity index is 1.54. The van der Waals surface area contributed by atoms with Crippen molar-refractivity contribution >= 4 is 11.8 Å². The fourth-order valence-corrected chi connectivity index (χ4v) is 4.00. The molecule has 4 rings (SSSR count). The summed E-state index contributed by atoms with van der Waals surface area (Å²) in [5.74, 6) is 1.90. The van der Waals surface area contributed by atoms with Crippen molar-refractivity contribution in [2.24, 2.45) is 0 Å². The van der Waals surface area contributed by atoms with E-state index in [0.717, 1.165) is 40.9 Å². The zero-order chi connectivity index (χ0) is 15.6. The van der Waals surface area contributed by atoms with Gasteiger partial charge in [0.1, 0.15) is 5.76 Å². The van der Waals surface area contributed by atoms with Crippen molar-refractivity contribution in [3.63, 3.8) is 0 Å². The van der Waals surface area contributed by atoms with E-state index >= 15 is 0 Å². The SMILES string of the molecule is Cc1cccc(-n2ccnc2SCc2noc3c2CCCC3)c1. The van der Waals surface area contributed by atoms with Crippen LogP contribution in [-0.4, -0.2) is 14.7 Å². The van der Waals surface area contributed by atoms with Crippen LogP contribution in [0.1, 0.15) is 35.4 Å². The molecule has 0 unspecified atom stereocenters. The van der Waals surface area contributed by atoms with E-state index in [4.69, 9.17) is 4.52 Å². The van der Waals surface area contributed by atoms with E-state index in [1.54, 1.807) is 11.8 Å². The molecule has 1 aliphatic carbocycles. The van der Waals surface area contributed by atoms with Crippen LogP contribution in [0, 0.1) is 6.92 Å². The molecule has 0 N–H and O–H groups in total. The number of fused-ring (bicyclic) bond motifs is 1. The summed E-state index contributed by atoms with van der Waals surface area (Å²) in [7, 11) is 0. The Hall–Kier alpha value is -2.01. The Morgan fingerprint density at radius 1 is 1.26 bits per heavy atom. The molecule has 23 heavy (non-hydrogen) atoms. The van der Waals surface area contributed by atoms with Crippen LogP contribution in [0.15, 0.2) is 46.3 Å². The quantitative estimate of drug-likeness (QED) is 0.669. The first kappa shape index (κ1) is 14.6. The average molecular weight is 325 g/mol. The van der Waals surface area contributed by atoms with Crippen molar-refractivity contribution < 1.29 is 4.52 Å². The van der Waals surface area contributed by atoms with Gasteiger partial charge >= 0.3 is 0 Å². The molecule has 2 heterocycles. The van der Waals surface area contributed by atoms with Gasteiger partial charge in [0.05, 0.1) is 5.69 Å². The molecule has 0 spiro atoms. The van der Waals surface area contributed by atoms with E-state index in [-0.39, 0.29) is 0 Å². The Morgan fingerprint density at radius 2 is 2.17 bits per heavy atom. The van der Waals surface area contributed by atoms with Gasteiger partial charge in [0.25, 0.3) is 0 Å². The molecule has 118 valence electrons. The lowest BCUT2D eigenvalue weighted by Crippen LogP contribution is -2.01. The maximum Gasteiger partial charge on any atom is 0.172 e. The summed E-state index contributed by atoms with van der Waals surface area (Å²) in [6.07, 6.45) is 8.45. The van der Waals surface area contributed by atoms with Gasteiger partial charge in [0, 0.05) is 35.8 Å². The van der Waals surface area contributed by atoms with Crippen LogP contribution < -0.4 is 0 Å². The number of benzene rings is 1. The van der Waals surface area contributed by atoms with Crippen LogP contribution in [0.5, 0.6) is 0 Å².